The lowest BCUT2D eigenvalue weighted by molar-refractivity contribution is 0.738. The second-order valence-electron chi connectivity index (χ2n) is 2.14. The van der Waals surface area contributed by atoms with Crippen LogP contribution in [0.15, 0.2) is 18.7 Å². The summed E-state index contributed by atoms with van der Waals surface area (Å²) in [6.45, 7) is 0. The predicted octanol–water partition coefficient (Wildman–Crippen LogP) is 0.390. The average molecular weight is 148 g/mol. The Balaban J connectivity index is 2.70. The highest BCUT2D eigenvalue weighted by atomic mass is 14.8. The van der Waals surface area contributed by atoms with Gasteiger partial charge in [-0.25, -0.2) is 9.97 Å². The smallest absolute Gasteiger partial charge is 0.115 e. The van der Waals surface area contributed by atoms with Gasteiger partial charge >= 0.3 is 0 Å². The van der Waals surface area contributed by atoms with E-state index in [1.165, 1.54) is 6.33 Å². The molecule has 0 radical (unpaired) electrons. The van der Waals surface area contributed by atoms with Gasteiger partial charge < -0.3 is 5.73 Å². The molecule has 1 heterocycles. The van der Waals surface area contributed by atoms with Crippen LogP contribution < -0.4 is 5.73 Å². The second-order valence-corrected chi connectivity index (χ2v) is 2.14. The molecule has 0 aliphatic heterocycles. The number of nitrogens with two attached hydrogens (primary N) is 1. The molecule has 0 fully saturated rings. The Kier molecular flexibility index (Phi) is 2.53. The molecule has 0 bridgehead atoms. The van der Waals surface area contributed by atoms with Crippen LogP contribution in [0.2, 0.25) is 0 Å². The number of hydrogen-bond donors (Lipinski definition) is 1. The van der Waals surface area contributed by atoms with E-state index in [0.717, 1.165) is 5.56 Å². The van der Waals surface area contributed by atoms with Crippen LogP contribution in [-0.4, -0.2) is 9.97 Å². The van der Waals surface area contributed by atoms with Crippen LogP contribution in [0.25, 0.3) is 0 Å². The normalized spacial score (nSPS) is 12.0. The van der Waals surface area contributed by atoms with Gasteiger partial charge in [-0.05, 0) is 0 Å². The number of hydrogen-bond acceptors (Lipinski definition) is 4. The minimum absolute atomic E-state index is 0.263. The van der Waals surface area contributed by atoms with Gasteiger partial charge in [0.25, 0.3) is 0 Å². The first-order valence-corrected chi connectivity index (χ1v) is 3.22. The maximum absolute atomic E-state index is 8.33. The highest BCUT2D eigenvalue weighted by Crippen LogP contribution is 2.08. The van der Waals surface area contributed by atoms with Crippen molar-refractivity contribution in [1.82, 2.24) is 9.97 Å². The molecule has 4 nitrogen and oxygen atoms in total. The summed E-state index contributed by atoms with van der Waals surface area (Å²) in [7, 11) is 0. The molecule has 1 atom stereocenters. The maximum atomic E-state index is 8.33. The molecule has 0 saturated carbocycles. The lowest BCUT2D eigenvalue weighted by Gasteiger charge is -2.04. The van der Waals surface area contributed by atoms with Crippen molar-refractivity contribution in [2.45, 2.75) is 12.5 Å². The Morgan fingerprint density at radius 1 is 1.55 bits per heavy atom. The SMILES string of the molecule is N#CC[C@H](N)c1cncnc1. The van der Waals surface area contributed by atoms with Gasteiger partial charge in [-0.3, -0.25) is 0 Å². The zero-order valence-corrected chi connectivity index (χ0v) is 5.94. The monoisotopic (exact) mass is 148 g/mol. The summed E-state index contributed by atoms with van der Waals surface area (Å²) in [5.74, 6) is 0. The van der Waals surface area contributed by atoms with E-state index in [0.29, 0.717) is 6.42 Å². The zero-order chi connectivity index (χ0) is 8.10. The summed E-state index contributed by atoms with van der Waals surface area (Å²) >= 11 is 0. The van der Waals surface area contributed by atoms with E-state index in [2.05, 4.69) is 9.97 Å². The summed E-state index contributed by atoms with van der Waals surface area (Å²) in [6.07, 6.45) is 4.97. The van der Waals surface area contributed by atoms with Crippen LogP contribution in [0.4, 0.5) is 0 Å². The summed E-state index contributed by atoms with van der Waals surface area (Å²) in [5, 5.41) is 8.33. The van der Waals surface area contributed by atoms with Gasteiger partial charge in [0.1, 0.15) is 6.33 Å². The van der Waals surface area contributed by atoms with Crippen molar-refractivity contribution in [3.8, 4) is 6.07 Å². The summed E-state index contributed by atoms with van der Waals surface area (Å²) < 4.78 is 0. The van der Waals surface area contributed by atoms with Crippen LogP contribution in [0.3, 0.4) is 0 Å². The fraction of sp³-hybridized carbons (Fsp3) is 0.286. The number of aromatic nitrogens is 2. The molecule has 0 aliphatic carbocycles. The highest BCUT2D eigenvalue weighted by Gasteiger charge is 2.03. The van der Waals surface area contributed by atoms with E-state index < -0.39 is 0 Å². The van der Waals surface area contributed by atoms with E-state index in [4.69, 9.17) is 11.0 Å². The van der Waals surface area contributed by atoms with Crippen molar-refractivity contribution >= 4 is 0 Å². The molecular formula is C7H8N4. The first-order valence-electron chi connectivity index (χ1n) is 3.22. The Bertz CT molecular complexity index is 251. The van der Waals surface area contributed by atoms with Gasteiger partial charge in [-0.15, -0.1) is 0 Å². The summed E-state index contributed by atoms with van der Waals surface area (Å²) in [5.41, 5.74) is 6.40. The van der Waals surface area contributed by atoms with Crippen molar-refractivity contribution in [1.29, 1.82) is 5.26 Å². The van der Waals surface area contributed by atoms with Gasteiger partial charge in [0.15, 0.2) is 0 Å². The van der Waals surface area contributed by atoms with Crippen LogP contribution in [0, 0.1) is 11.3 Å². The third-order valence-corrected chi connectivity index (χ3v) is 1.32. The topological polar surface area (TPSA) is 75.6 Å². The molecule has 0 saturated heterocycles. The van der Waals surface area contributed by atoms with Crippen molar-refractivity contribution < 1.29 is 0 Å². The zero-order valence-electron chi connectivity index (χ0n) is 5.94. The minimum Gasteiger partial charge on any atom is -0.323 e. The van der Waals surface area contributed by atoms with E-state index in [1.807, 2.05) is 6.07 Å². The van der Waals surface area contributed by atoms with Crippen LogP contribution in [0.5, 0.6) is 0 Å². The lowest BCUT2D eigenvalue weighted by Crippen LogP contribution is -2.09. The molecule has 2 N–H and O–H groups in total. The van der Waals surface area contributed by atoms with Gasteiger partial charge in [0.05, 0.1) is 12.5 Å². The van der Waals surface area contributed by atoms with Gasteiger partial charge in [0.2, 0.25) is 0 Å². The van der Waals surface area contributed by atoms with E-state index in [1.54, 1.807) is 12.4 Å². The standard InChI is InChI=1S/C7H8N4/c8-2-1-7(9)6-3-10-5-11-4-6/h3-5,7H,1,9H2/t7-/m0/s1. The van der Waals surface area contributed by atoms with E-state index in [9.17, 15) is 0 Å². The third-order valence-electron chi connectivity index (χ3n) is 1.32. The quantitative estimate of drug-likeness (QED) is 0.658. The van der Waals surface area contributed by atoms with E-state index >= 15 is 0 Å². The Hall–Kier alpha value is -1.47. The largest absolute Gasteiger partial charge is 0.323 e. The minimum atomic E-state index is -0.263. The fourth-order valence-corrected chi connectivity index (χ4v) is 0.718. The summed E-state index contributed by atoms with van der Waals surface area (Å²) in [4.78, 5) is 7.57. The fourth-order valence-electron chi connectivity index (χ4n) is 0.718. The molecule has 0 aromatic carbocycles. The molecule has 1 aromatic heterocycles. The third kappa shape index (κ3) is 1.99. The molecule has 0 amide bonds. The van der Waals surface area contributed by atoms with Crippen LogP contribution >= 0.6 is 0 Å². The molecular weight excluding hydrogens is 140 g/mol. The van der Waals surface area contributed by atoms with E-state index in [-0.39, 0.29) is 6.04 Å². The maximum Gasteiger partial charge on any atom is 0.115 e. The molecule has 1 aromatic rings. The van der Waals surface area contributed by atoms with Gasteiger partial charge in [0, 0.05) is 24.0 Å². The molecule has 0 aliphatic rings. The molecule has 0 spiro atoms. The Morgan fingerprint density at radius 3 is 2.73 bits per heavy atom. The Labute approximate surface area is 64.7 Å². The average Bonchev–Trinajstić information content (AvgIpc) is 2.07. The van der Waals surface area contributed by atoms with Crippen molar-refractivity contribution in [3.63, 3.8) is 0 Å². The Morgan fingerprint density at radius 2 is 2.18 bits per heavy atom. The lowest BCUT2D eigenvalue weighted by atomic mass is 10.1. The van der Waals surface area contributed by atoms with Gasteiger partial charge in [-0.1, -0.05) is 0 Å². The number of rotatable bonds is 2. The molecule has 56 valence electrons. The van der Waals surface area contributed by atoms with Crippen molar-refractivity contribution in [2.75, 3.05) is 0 Å². The van der Waals surface area contributed by atoms with Crippen LogP contribution in [0.1, 0.15) is 18.0 Å². The molecule has 4 heteroatoms. The van der Waals surface area contributed by atoms with Gasteiger partial charge in [-0.2, -0.15) is 5.26 Å². The first-order chi connectivity index (χ1) is 5.34. The van der Waals surface area contributed by atoms with Crippen molar-refractivity contribution in [2.24, 2.45) is 5.73 Å². The molecule has 1 rings (SSSR count). The van der Waals surface area contributed by atoms with Crippen molar-refractivity contribution in [3.05, 3.63) is 24.3 Å². The summed E-state index contributed by atoms with van der Waals surface area (Å²) in [6, 6.07) is 1.72. The van der Waals surface area contributed by atoms with Crippen LogP contribution in [-0.2, 0) is 0 Å². The second kappa shape index (κ2) is 3.64. The first kappa shape index (κ1) is 7.63. The number of nitriles is 1. The molecule has 11 heavy (non-hydrogen) atoms. The predicted molar refractivity (Wildman–Crippen MR) is 39.2 cm³/mol. The highest BCUT2D eigenvalue weighted by molar-refractivity contribution is 5.09. The number of nitrogens with zero attached hydrogens (tertiary/aromatic N) is 3. The molecule has 0 unspecified atom stereocenters.